The molecule has 1 aliphatic heterocycles. The average Bonchev–Trinajstić information content (AvgIpc) is 3.09. The molecule has 0 fully saturated rings. The maximum absolute atomic E-state index is 13.4. The number of rotatable bonds is 7. The molecule has 1 unspecified atom stereocenters. The minimum absolute atomic E-state index is 0.164. The van der Waals surface area contributed by atoms with E-state index in [4.69, 9.17) is 0 Å². The van der Waals surface area contributed by atoms with Crippen LogP contribution in [-0.4, -0.2) is 30.9 Å². The smallest absolute Gasteiger partial charge is 0.294 e. The van der Waals surface area contributed by atoms with Crippen LogP contribution < -0.4 is 9.80 Å². The lowest BCUT2D eigenvalue weighted by Crippen LogP contribution is -2.31. The number of carbonyl (C=O) groups excluding carboxylic acids is 2. The molecule has 0 saturated carbocycles. The molecule has 1 N–H and O–H groups in total. The van der Waals surface area contributed by atoms with E-state index in [0.717, 1.165) is 22.4 Å². The number of aliphatic hydroxyl groups is 1. The van der Waals surface area contributed by atoms with E-state index >= 15 is 0 Å². The number of amides is 1. The summed E-state index contributed by atoms with van der Waals surface area (Å²) < 4.78 is 0. The first-order valence-electron chi connectivity index (χ1n) is 11.0. The predicted molar refractivity (Wildman–Crippen MR) is 132 cm³/mol. The van der Waals surface area contributed by atoms with Crippen molar-refractivity contribution in [3.63, 3.8) is 0 Å². The summed E-state index contributed by atoms with van der Waals surface area (Å²) in [5.41, 5.74) is 4.57. The Morgan fingerprint density at radius 2 is 1.58 bits per heavy atom. The Morgan fingerprint density at radius 1 is 0.939 bits per heavy atom. The maximum Gasteiger partial charge on any atom is 0.294 e. The summed E-state index contributed by atoms with van der Waals surface area (Å²) in [6.07, 6.45) is 0.756. The van der Waals surface area contributed by atoms with Crippen molar-refractivity contribution >= 4 is 23.1 Å². The van der Waals surface area contributed by atoms with Gasteiger partial charge in [0.15, 0.2) is 11.5 Å². The molecule has 1 atom stereocenters. The molecule has 1 amide bonds. The van der Waals surface area contributed by atoms with Gasteiger partial charge in [-0.25, -0.2) is 0 Å². The number of aliphatic hydroxyl groups excluding tert-OH is 1. The van der Waals surface area contributed by atoms with Crippen molar-refractivity contribution in [3.8, 4) is 0 Å². The van der Waals surface area contributed by atoms with Crippen LogP contribution in [-0.2, 0) is 16.0 Å². The number of para-hydroxylation sites is 1. The second-order valence-electron chi connectivity index (χ2n) is 8.52. The van der Waals surface area contributed by atoms with E-state index in [-0.39, 0.29) is 17.8 Å². The maximum atomic E-state index is 13.4. The van der Waals surface area contributed by atoms with Crippen LogP contribution in [0.5, 0.6) is 0 Å². The van der Waals surface area contributed by atoms with Crippen LogP contribution in [0.2, 0.25) is 0 Å². The third-order valence-corrected chi connectivity index (χ3v) is 6.09. The average molecular weight is 441 g/mol. The molecule has 5 nitrogen and oxygen atoms in total. The molecule has 4 rings (SSSR count). The number of benzene rings is 3. The van der Waals surface area contributed by atoms with E-state index < -0.39 is 17.7 Å². The lowest BCUT2D eigenvalue weighted by Gasteiger charge is -2.28. The van der Waals surface area contributed by atoms with Crippen molar-refractivity contribution in [1.82, 2.24) is 0 Å². The summed E-state index contributed by atoms with van der Waals surface area (Å²) in [5.74, 6) is -1.23. The van der Waals surface area contributed by atoms with Crippen molar-refractivity contribution in [1.29, 1.82) is 0 Å². The van der Waals surface area contributed by atoms with Gasteiger partial charge in [0.25, 0.3) is 5.91 Å². The highest BCUT2D eigenvalue weighted by molar-refractivity contribution is 6.16. The van der Waals surface area contributed by atoms with Crippen LogP contribution in [0.4, 0.5) is 11.4 Å². The first-order chi connectivity index (χ1) is 15.9. The molecule has 3 aromatic rings. The highest BCUT2D eigenvalue weighted by atomic mass is 16.3. The van der Waals surface area contributed by atoms with Gasteiger partial charge < -0.3 is 10.0 Å². The van der Waals surface area contributed by atoms with Gasteiger partial charge in [-0.05, 0) is 48.2 Å². The van der Waals surface area contributed by atoms with Gasteiger partial charge in [0.05, 0.1) is 11.6 Å². The summed E-state index contributed by atoms with van der Waals surface area (Å²) >= 11 is 0. The Hall–Kier alpha value is -3.86. The zero-order valence-electron chi connectivity index (χ0n) is 19.2. The second-order valence-corrected chi connectivity index (χ2v) is 8.52. The van der Waals surface area contributed by atoms with Gasteiger partial charge in [0.2, 0.25) is 0 Å². The monoisotopic (exact) mass is 440 g/mol. The molecule has 0 saturated heterocycles. The van der Waals surface area contributed by atoms with Crippen LogP contribution in [0.3, 0.4) is 0 Å². The van der Waals surface area contributed by atoms with Crippen molar-refractivity contribution < 1.29 is 14.7 Å². The second kappa shape index (κ2) is 9.33. The Balaban J connectivity index is 1.74. The van der Waals surface area contributed by atoms with Crippen LogP contribution >= 0.6 is 0 Å². The molecule has 0 aromatic heterocycles. The zero-order valence-corrected chi connectivity index (χ0v) is 19.2. The topological polar surface area (TPSA) is 60.9 Å². The number of ketones is 1. The third kappa shape index (κ3) is 4.40. The Labute approximate surface area is 194 Å². The van der Waals surface area contributed by atoms with Gasteiger partial charge in [0, 0.05) is 31.9 Å². The fourth-order valence-corrected chi connectivity index (χ4v) is 4.28. The van der Waals surface area contributed by atoms with Crippen molar-refractivity contribution in [2.24, 2.45) is 0 Å². The summed E-state index contributed by atoms with van der Waals surface area (Å²) in [4.78, 5) is 30.2. The Kier molecular flexibility index (Phi) is 6.31. The van der Waals surface area contributed by atoms with E-state index in [9.17, 15) is 14.7 Å². The largest absolute Gasteiger partial charge is 0.503 e. The van der Waals surface area contributed by atoms with Gasteiger partial charge in [-0.15, -0.1) is 0 Å². The molecular formula is C28H28N2O3. The number of anilines is 2. The van der Waals surface area contributed by atoms with Gasteiger partial charge in [-0.2, -0.15) is 0 Å². The zero-order chi connectivity index (χ0) is 23.5. The number of nitrogens with zero attached hydrogens (tertiary/aromatic N) is 2. The quantitative estimate of drug-likeness (QED) is 0.551. The molecule has 0 aliphatic carbocycles. The van der Waals surface area contributed by atoms with E-state index in [1.165, 1.54) is 0 Å². The van der Waals surface area contributed by atoms with Gasteiger partial charge >= 0.3 is 0 Å². The first kappa shape index (κ1) is 22.3. The molecule has 0 radical (unpaired) electrons. The highest BCUT2D eigenvalue weighted by Crippen LogP contribution is 2.42. The van der Waals surface area contributed by atoms with Crippen molar-refractivity contribution in [2.45, 2.75) is 25.8 Å². The van der Waals surface area contributed by atoms with Gasteiger partial charge in [-0.3, -0.25) is 14.5 Å². The molecule has 1 heterocycles. The van der Waals surface area contributed by atoms with Gasteiger partial charge in [-0.1, -0.05) is 60.7 Å². The van der Waals surface area contributed by atoms with E-state index in [1.807, 2.05) is 105 Å². The molecule has 0 spiro atoms. The molecule has 168 valence electrons. The molecule has 3 aromatic carbocycles. The normalized spacial score (nSPS) is 15.8. The van der Waals surface area contributed by atoms with Gasteiger partial charge in [0.1, 0.15) is 0 Å². The third-order valence-electron chi connectivity index (χ3n) is 6.09. The first-order valence-corrected chi connectivity index (χ1v) is 11.0. The lowest BCUT2D eigenvalue weighted by molar-refractivity contribution is -0.118. The number of Topliss-reactive ketones (excluding diaryl/α,β-unsaturated/α-hetero) is 1. The predicted octanol–water partition coefficient (Wildman–Crippen LogP) is 5.16. The molecule has 5 heteroatoms. The standard InChI is InChI=1S/C28H28N2O3/c1-19-9-7-8-12-23(19)30-26(21-14-16-22(17-15-21)29(2)3)25(27(32)28(30)33)24(31)18-13-20-10-5-4-6-11-20/h4-12,14-17,26,32H,13,18H2,1-3H3. The molecule has 0 bridgehead atoms. The van der Waals surface area contributed by atoms with Crippen molar-refractivity contribution in [3.05, 3.63) is 107 Å². The summed E-state index contributed by atoms with van der Waals surface area (Å²) in [6.45, 7) is 1.92. The highest BCUT2D eigenvalue weighted by Gasteiger charge is 2.44. The molecule has 33 heavy (non-hydrogen) atoms. The molecular weight excluding hydrogens is 412 g/mol. The number of hydrogen-bond acceptors (Lipinski definition) is 4. The fourth-order valence-electron chi connectivity index (χ4n) is 4.28. The minimum atomic E-state index is -0.682. The summed E-state index contributed by atoms with van der Waals surface area (Å²) in [7, 11) is 3.91. The van der Waals surface area contributed by atoms with Crippen molar-refractivity contribution in [2.75, 3.05) is 23.9 Å². The Bertz CT molecular complexity index is 1200. The van der Waals surface area contributed by atoms with E-state index in [1.54, 1.807) is 4.90 Å². The van der Waals surface area contributed by atoms with Crippen LogP contribution in [0, 0.1) is 6.92 Å². The number of aryl methyl sites for hydroxylation is 2. The van der Waals surface area contributed by atoms with Crippen LogP contribution in [0.25, 0.3) is 0 Å². The van der Waals surface area contributed by atoms with E-state index in [2.05, 4.69) is 0 Å². The summed E-state index contributed by atoms with van der Waals surface area (Å²) in [5, 5.41) is 10.9. The van der Waals surface area contributed by atoms with E-state index in [0.29, 0.717) is 12.1 Å². The molecule has 1 aliphatic rings. The number of hydrogen-bond donors (Lipinski definition) is 1. The number of carbonyl (C=O) groups is 2. The fraction of sp³-hybridized carbons (Fsp3) is 0.214. The van der Waals surface area contributed by atoms with Crippen LogP contribution in [0.15, 0.2) is 90.2 Å². The Morgan fingerprint density at radius 3 is 2.21 bits per heavy atom. The van der Waals surface area contributed by atoms with Crippen LogP contribution in [0.1, 0.15) is 29.2 Å². The lowest BCUT2D eigenvalue weighted by atomic mass is 9.92. The SMILES string of the molecule is Cc1ccccc1N1C(=O)C(O)=C(C(=O)CCc2ccccc2)C1c1ccc(N(C)C)cc1. The minimum Gasteiger partial charge on any atom is -0.503 e. The summed E-state index contributed by atoms with van der Waals surface area (Å²) in [6, 6.07) is 24.3.